The van der Waals surface area contributed by atoms with Gasteiger partial charge in [-0.1, -0.05) is 33.6 Å². The van der Waals surface area contributed by atoms with Crippen LogP contribution in [0.5, 0.6) is 0 Å². The van der Waals surface area contributed by atoms with E-state index in [9.17, 15) is 0 Å². The number of ether oxygens (including phenoxy) is 1. The molecule has 0 aliphatic carbocycles. The molecule has 1 saturated heterocycles. The summed E-state index contributed by atoms with van der Waals surface area (Å²) in [5.74, 6) is 0. The van der Waals surface area contributed by atoms with Gasteiger partial charge in [0.05, 0.1) is 19.3 Å². The van der Waals surface area contributed by atoms with E-state index in [1.54, 1.807) is 0 Å². The summed E-state index contributed by atoms with van der Waals surface area (Å²) < 4.78 is 6.51. The first-order valence-electron chi connectivity index (χ1n) is 6.00. The average Bonchev–Trinajstić information content (AvgIpc) is 2.35. The van der Waals surface area contributed by atoms with E-state index in [1.807, 2.05) is 18.2 Å². The first-order chi connectivity index (χ1) is 8.60. The highest BCUT2D eigenvalue weighted by Crippen LogP contribution is 2.24. The highest BCUT2D eigenvalue weighted by molar-refractivity contribution is 9.10. The van der Waals surface area contributed by atoms with Crippen LogP contribution in [0.4, 0.5) is 0 Å². The molecule has 1 fully saturated rings. The second kappa shape index (κ2) is 6.35. The average molecular weight is 335 g/mol. The van der Waals surface area contributed by atoms with Crippen molar-refractivity contribution in [1.29, 1.82) is 0 Å². The van der Waals surface area contributed by atoms with Gasteiger partial charge in [0.2, 0.25) is 0 Å². The van der Waals surface area contributed by atoms with Gasteiger partial charge in [-0.05, 0) is 24.6 Å². The minimum Gasteiger partial charge on any atom is -0.394 e. The lowest BCUT2D eigenvalue weighted by atomic mass is 10.1. The van der Waals surface area contributed by atoms with Crippen molar-refractivity contribution in [1.82, 2.24) is 4.90 Å². The standard InChI is InChI=1S/C13H17BrClNO2/c1-9-8-18-12(7-17)6-16(9)5-10-2-3-11(14)4-13(10)15/h2-4,9,12,17H,5-8H2,1H3. The predicted molar refractivity (Wildman–Crippen MR) is 75.8 cm³/mol. The molecule has 2 rings (SSSR count). The van der Waals surface area contributed by atoms with Crippen LogP contribution in [0.2, 0.25) is 5.02 Å². The molecule has 0 bridgehead atoms. The highest BCUT2D eigenvalue weighted by atomic mass is 79.9. The molecular weight excluding hydrogens is 318 g/mol. The van der Waals surface area contributed by atoms with Crippen LogP contribution in [0.1, 0.15) is 12.5 Å². The maximum Gasteiger partial charge on any atom is 0.0933 e. The molecule has 0 radical (unpaired) electrons. The van der Waals surface area contributed by atoms with Gasteiger partial charge in [0, 0.05) is 28.6 Å². The van der Waals surface area contributed by atoms with Gasteiger partial charge >= 0.3 is 0 Å². The molecule has 1 aliphatic rings. The summed E-state index contributed by atoms with van der Waals surface area (Å²) in [6.07, 6.45) is -0.0876. The fourth-order valence-electron chi connectivity index (χ4n) is 2.07. The molecule has 2 unspecified atom stereocenters. The SMILES string of the molecule is CC1COC(CO)CN1Cc1ccc(Br)cc1Cl. The molecule has 0 spiro atoms. The minimum absolute atomic E-state index is 0.0668. The largest absolute Gasteiger partial charge is 0.394 e. The number of hydrogen-bond donors (Lipinski definition) is 1. The number of morpholine rings is 1. The number of aliphatic hydroxyl groups is 1. The quantitative estimate of drug-likeness (QED) is 0.922. The molecule has 0 amide bonds. The molecule has 5 heteroatoms. The smallest absolute Gasteiger partial charge is 0.0933 e. The summed E-state index contributed by atoms with van der Waals surface area (Å²) in [5.41, 5.74) is 1.10. The summed E-state index contributed by atoms with van der Waals surface area (Å²) in [4.78, 5) is 2.29. The minimum atomic E-state index is -0.0876. The van der Waals surface area contributed by atoms with Crippen LogP contribution >= 0.6 is 27.5 Å². The molecule has 0 aromatic heterocycles. The Kier molecular flexibility index (Phi) is 5.04. The van der Waals surface area contributed by atoms with Crippen molar-refractivity contribution in [2.75, 3.05) is 19.8 Å². The van der Waals surface area contributed by atoms with Gasteiger partial charge in [-0.3, -0.25) is 4.90 Å². The van der Waals surface area contributed by atoms with E-state index in [2.05, 4.69) is 27.8 Å². The van der Waals surface area contributed by atoms with Crippen LogP contribution in [0, 0.1) is 0 Å². The van der Waals surface area contributed by atoms with Gasteiger partial charge in [-0.2, -0.15) is 0 Å². The fraction of sp³-hybridized carbons (Fsp3) is 0.538. The van der Waals surface area contributed by atoms with Crippen LogP contribution in [0.3, 0.4) is 0 Å². The van der Waals surface area contributed by atoms with Gasteiger partial charge in [-0.15, -0.1) is 0 Å². The Morgan fingerprint density at radius 2 is 2.33 bits per heavy atom. The number of aliphatic hydroxyl groups excluding tert-OH is 1. The third kappa shape index (κ3) is 3.45. The van der Waals surface area contributed by atoms with Gasteiger partial charge in [0.15, 0.2) is 0 Å². The number of hydrogen-bond acceptors (Lipinski definition) is 3. The monoisotopic (exact) mass is 333 g/mol. The Balaban J connectivity index is 2.07. The molecule has 1 aromatic carbocycles. The molecule has 1 heterocycles. The second-order valence-electron chi connectivity index (χ2n) is 4.65. The van der Waals surface area contributed by atoms with E-state index in [-0.39, 0.29) is 12.7 Å². The number of rotatable bonds is 3. The van der Waals surface area contributed by atoms with Crippen molar-refractivity contribution in [2.24, 2.45) is 0 Å². The number of benzene rings is 1. The molecule has 2 atom stereocenters. The van der Waals surface area contributed by atoms with Crippen molar-refractivity contribution in [3.63, 3.8) is 0 Å². The van der Waals surface area contributed by atoms with E-state index < -0.39 is 0 Å². The third-order valence-corrected chi connectivity index (χ3v) is 4.07. The lowest BCUT2D eigenvalue weighted by Gasteiger charge is -2.37. The molecule has 3 nitrogen and oxygen atoms in total. The van der Waals surface area contributed by atoms with Gasteiger partial charge in [0.1, 0.15) is 0 Å². The van der Waals surface area contributed by atoms with Gasteiger partial charge < -0.3 is 9.84 Å². The van der Waals surface area contributed by atoms with Crippen molar-refractivity contribution in [3.8, 4) is 0 Å². The summed E-state index contributed by atoms with van der Waals surface area (Å²) in [7, 11) is 0. The zero-order valence-electron chi connectivity index (χ0n) is 10.3. The Morgan fingerprint density at radius 3 is 3.00 bits per heavy atom. The van der Waals surface area contributed by atoms with Crippen LogP contribution in [-0.4, -0.2) is 41.9 Å². The fourth-order valence-corrected chi connectivity index (χ4v) is 2.81. The van der Waals surface area contributed by atoms with Crippen LogP contribution in [0.15, 0.2) is 22.7 Å². The number of nitrogens with zero attached hydrogens (tertiary/aromatic N) is 1. The maximum atomic E-state index is 9.17. The number of halogens is 2. The topological polar surface area (TPSA) is 32.7 Å². The first-order valence-corrected chi connectivity index (χ1v) is 7.17. The zero-order valence-corrected chi connectivity index (χ0v) is 12.6. The molecule has 1 aromatic rings. The Morgan fingerprint density at radius 1 is 1.56 bits per heavy atom. The first kappa shape index (κ1) is 14.3. The lowest BCUT2D eigenvalue weighted by molar-refractivity contribution is -0.0805. The Labute approximate surface area is 121 Å². The van der Waals surface area contributed by atoms with Crippen LogP contribution in [0.25, 0.3) is 0 Å². The molecule has 18 heavy (non-hydrogen) atoms. The third-order valence-electron chi connectivity index (χ3n) is 3.23. The lowest BCUT2D eigenvalue weighted by Crippen LogP contribution is -2.48. The van der Waals surface area contributed by atoms with E-state index in [0.29, 0.717) is 12.6 Å². The molecule has 100 valence electrons. The van der Waals surface area contributed by atoms with Gasteiger partial charge in [0.25, 0.3) is 0 Å². The second-order valence-corrected chi connectivity index (χ2v) is 5.97. The maximum absolute atomic E-state index is 9.17. The van der Waals surface area contributed by atoms with E-state index >= 15 is 0 Å². The van der Waals surface area contributed by atoms with Crippen LogP contribution in [-0.2, 0) is 11.3 Å². The Hall–Kier alpha value is -0.130. The van der Waals surface area contributed by atoms with Crippen LogP contribution < -0.4 is 0 Å². The van der Waals surface area contributed by atoms with Crippen molar-refractivity contribution in [3.05, 3.63) is 33.3 Å². The van der Waals surface area contributed by atoms with Crippen molar-refractivity contribution >= 4 is 27.5 Å². The zero-order chi connectivity index (χ0) is 13.1. The van der Waals surface area contributed by atoms with E-state index in [4.69, 9.17) is 21.4 Å². The summed E-state index contributed by atoms with van der Waals surface area (Å²) in [6.45, 7) is 4.37. The molecular formula is C13H17BrClNO2. The molecule has 1 aliphatic heterocycles. The van der Waals surface area contributed by atoms with Crippen molar-refractivity contribution in [2.45, 2.75) is 25.6 Å². The summed E-state index contributed by atoms with van der Waals surface area (Å²) in [6, 6.07) is 6.27. The van der Waals surface area contributed by atoms with Crippen molar-refractivity contribution < 1.29 is 9.84 Å². The van der Waals surface area contributed by atoms with Gasteiger partial charge in [-0.25, -0.2) is 0 Å². The summed E-state index contributed by atoms with van der Waals surface area (Å²) in [5, 5.41) is 9.94. The molecule has 0 saturated carbocycles. The van der Waals surface area contributed by atoms with E-state index in [1.165, 1.54) is 0 Å². The predicted octanol–water partition coefficient (Wildman–Crippen LogP) is 2.68. The molecule has 1 N–H and O–H groups in total. The Bertz CT molecular complexity index is 416. The normalized spacial score (nSPS) is 25.3. The van der Waals surface area contributed by atoms with E-state index in [0.717, 1.165) is 28.1 Å². The highest BCUT2D eigenvalue weighted by Gasteiger charge is 2.25. The summed E-state index contributed by atoms with van der Waals surface area (Å²) >= 11 is 9.63.